The summed E-state index contributed by atoms with van der Waals surface area (Å²) in [6, 6.07) is 2.40. The highest BCUT2D eigenvalue weighted by atomic mass is 79.9. The Balaban J connectivity index is 2.24. The number of rotatable bonds is 3. The van der Waals surface area contributed by atoms with E-state index in [-0.39, 0.29) is 21.8 Å². The Morgan fingerprint density at radius 1 is 1.55 bits per heavy atom. The van der Waals surface area contributed by atoms with Gasteiger partial charge in [0.15, 0.2) is 0 Å². The average Bonchev–Trinajstić information content (AvgIpc) is 2.32. The van der Waals surface area contributed by atoms with Crippen LogP contribution >= 0.6 is 15.9 Å². The van der Waals surface area contributed by atoms with Gasteiger partial charge in [0, 0.05) is 12.6 Å². The van der Waals surface area contributed by atoms with Crippen LogP contribution in [0.2, 0.25) is 0 Å². The molecule has 1 aliphatic heterocycles. The second-order valence-electron chi connectivity index (χ2n) is 5.48. The zero-order chi connectivity index (χ0) is 14.9. The number of hydrogen-bond acceptors (Lipinski definition) is 4. The first-order chi connectivity index (χ1) is 9.28. The standard InChI is InChI=1S/C13H16BrFN2O3/c1-13(2)7-8(3-4-20-13)16-11-5-9(14)10(15)6-12(11)17(18)19/h5-6,8,16H,3-4,7H2,1-2H3. The van der Waals surface area contributed by atoms with Crippen LogP contribution in [0.25, 0.3) is 0 Å². The molecule has 1 unspecified atom stereocenters. The summed E-state index contributed by atoms with van der Waals surface area (Å²) in [4.78, 5) is 10.4. The normalized spacial score (nSPS) is 21.5. The summed E-state index contributed by atoms with van der Waals surface area (Å²) in [7, 11) is 0. The molecular formula is C13H16BrFN2O3. The highest BCUT2D eigenvalue weighted by Crippen LogP contribution is 2.33. The fraction of sp³-hybridized carbons (Fsp3) is 0.538. The summed E-state index contributed by atoms with van der Waals surface area (Å²) in [5.74, 6) is -0.644. The van der Waals surface area contributed by atoms with Crippen LogP contribution in [0.3, 0.4) is 0 Å². The number of nitro groups is 1. The van der Waals surface area contributed by atoms with E-state index in [0.29, 0.717) is 12.3 Å². The zero-order valence-corrected chi connectivity index (χ0v) is 12.9. The Bertz CT molecular complexity index is 537. The summed E-state index contributed by atoms with van der Waals surface area (Å²) < 4.78 is 19.2. The van der Waals surface area contributed by atoms with Crippen molar-refractivity contribution in [3.63, 3.8) is 0 Å². The van der Waals surface area contributed by atoms with E-state index >= 15 is 0 Å². The van der Waals surface area contributed by atoms with Gasteiger partial charge in [0.05, 0.1) is 21.1 Å². The minimum atomic E-state index is -0.644. The van der Waals surface area contributed by atoms with Crippen molar-refractivity contribution in [1.29, 1.82) is 0 Å². The van der Waals surface area contributed by atoms with Crippen molar-refractivity contribution in [2.24, 2.45) is 0 Å². The van der Waals surface area contributed by atoms with Gasteiger partial charge in [0.1, 0.15) is 11.5 Å². The Hall–Kier alpha value is -1.21. The first-order valence-electron chi connectivity index (χ1n) is 6.32. The second kappa shape index (κ2) is 5.65. The number of halogens is 2. The highest BCUT2D eigenvalue weighted by Gasteiger charge is 2.30. The molecule has 1 aliphatic rings. The van der Waals surface area contributed by atoms with E-state index in [4.69, 9.17) is 4.74 Å². The van der Waals surface area contributed by atoms with Crippen molar-refractivity contribution in [2.45, 2.75) is 38.3 Å². The van der Waals surface area contributed by atoms with Gasteiger partial charge in [-0.05, 0) is 48.7 Å². The topological polar surface area (TPSA) is 64.4 Å². The van der Waals surface area contributed by atoms with Crippen LogP contribution in [-0.4, -0.2) is 23.2 Å². The minimum Gasteiger partial charge on any atom is -0.377 e. The molecule has 1 aromatic carbocycles. The van der Waals surface area contributed by atoms with Crippen molar-refractivity contribution in [3.8, 4) is 0 Å². The second-order valence-corrected chi connectivity index (χ2v) is 6.34. The average molecular weight is 347 g/mol. The summed E-state index contributed by atoms with van der Waals surface area (Å²) >= 11 is 3.05. The lowest BCUT2D eigenvalue weighted by Gasteiger charge is -2.36. The van der Waals surface area contributed by atoms with Crippen LogP contribution in [0.15, 0.2) is 16.6 Å². The van der Waals surface area contributed by atoms with Crippen LogP contribution in [-0.2, 0) is 4.74 Å². The van der Waals surface area contributed by atoms with Crippen LogP contribution in [0.4, 0.5) is 15.8 Å². The largest absolute Gasteiger partial charge is 0.377 e. The van der Waals surface area contributed by atoms with Crippen LogP contribution in [0.1, 0.15) is 26.7 Å². The maximum absolute atomic E-state index is 13.4. The third-order valence-electron chi connectivity index (χ3n) is 3.29. The molecule has 1 N–H and O–H groups in total. The predicted octanol–water partition coefficient (Wildman–Crippen LogP) is 3.87. The summed E-state index contributed by atoms with van der Waals surface area (Å²) in [6.07, 6.45) is 1.49. The van der Waals surface area contributed by atoms with E-state index in [1.165, 1.54) is 6.07 Å². The lowest BCUT2D eigenvalue weighted by Crippen LogP contribution is -2.40. The summed E-state index contributed by atoms with van der Waals surface area (Å²) in [5, 5.41) is 14.1. The van der Waals surface area contributed by atoms with Gasteiger partial charge in [-0.1, -0.05) is 0 Å². The van der Waals surface area contributed by atoms with Crippen LogP contribution in [0, 0.1) is 15.9 Å². The van der Waals surface area contributed by atoms with E-state index in [1.54, 1.807) is 0 Å². The SMILES string of the molecule is CC1(C)CC(Nc2cc(Br)c(F)cc2[N+](=O)[O-])CCO1. The predicted molar refractivity (Wildman–Crippen MR) is 77.4 cm³/mol. The van der Waals surface area contributed by atoms with Crippen molar-refractivity contribution < 1.29 is 14.1 Å². The first-order valence-corrected chi connectivity index (χ1v) is 7.12. The van der Waals surface area contributed by atoms with Crippen molar-refractivity contribution >= 4 is 27.3 Å². The molecule has 1 aromatic rings. The molecule has 1 atom stereocenters. The van der Waals surface area contributed by atoms with Gasteiger partial charge in [-0.3, -0.25) is 10.1 Å². The van der Waals surface area contributed by atoms with E-state index in [9.17, 15) is 14.5 Å². The number of nitro benzene ring substituents is 1. The van der Waals surface area contributed by atoms with Gasteiger partial charge in [0.25, 0.3) is 5.69 Å². The van der Waals surface area contributed by atoms with E-state index < -0.39 is 10.7 Å². The van der Waals surface area contributed by atoms with Gasteiger partial charge in [-0.2, -0.15) is 0 Å². The number of anilines is 1. The molecule has 110 valence electrons. The molecule has 0 aromatic heterocycles. The third kappa shape index (κ3) is 3.46. The Morgan fingerprint density at radius 2 is 2.25 bits per heavy atom. The Kier molecular flexibility index (Phi) is 4.29. The molecule has 2 rings (SSSR count). The molecule has 0 saturated carbocycles. The maximum Gasteiger partial charge on any atom is 0.295 e. The van der Waals surface area contributed by atoms with Crippen molar-refractivity contribution in [2.75, 3.05) is 11.9 Å². The summed E-state index contributed by atoms with van der Waals surface area (Å²) in [6.45, 7) is 4.56. The lowest BCUT2D eigenvalue weighted by molar-refractivity contribution is -0.384. The van der Waals surface area contributed by atoms with Crippen LogP contribution < -0.4 is 5.32 Å². The number of ether oxygens (including phenoxy) is 1. The van der Waals surface area contributed by atoms with E-state index in [2.05, 4.69) is 21.2 Å². The van der Waals surface area contributed by atoms with Gasteiger partial charge < -0.3 is 10.1 Å². The third-order valence-corrected chi connectivity index (χ3v) is 3.90. The molecule has 1 saturated heterocycles. The molecule has 0 spiro atoms. The molecular weight excluding hydrogens is 331 g/mol. The molecule has 0 radical (unpaired) electrons. The van der Waals surface area contributed by atoms with Crippen LogP contribution in [0.5, 0.6) is 0 Å². The molecule has 7 heteroatoms. The lowest BCUT2D eigenvalue weighted by atomic mass is 9.93. The summed E-state index contributed by atoms with van der Waals surface area (Å²) in [5.41, 5.74) is -0.192. The molecule has 1 heterocycles. The van der Waals surface area contributed by atoms with E-state index in [0.717, 1.165) is 18.9 Å². The van der Waals surface area contributed by atoms with Gasteiger partial charge in [-0.15, -0.1) is 0 Å². The maximum atomic E-state index is 13.4. The smallest absolute Gasteiger partial charge is 0.295 e. The fourth-order valence-electron chi connectivity index (χ4n) is 2.38. The van der Waals surface area contributed by atoms with Gasteiger partial charge >= 0.3 is 0 Å². The fourth-order valence-corrected chi connectivity index (χ4v) is 2.72. The molecule has 20 heavy (non-hydrogen) atoms. The molecule has 1 fully saturated rings. The van der Waals surface area contributed by atoms with E-state index in [1.807, 2.05) is 13.8 Å². The minimum absolute atomic E-state index is 0.0646. The molecule has 5 nitrogen and oxygen atoms in total. The Labute approximate surface area is 124 Å². The quantitative estimate of drug-likeness (QED) is 0.666. The van der Waals surface area contributed by atoms with Gasteiger partial charge in [-0.25, -0.2) is 4.39 Å². The van der Waals surface area contributed by atoms with Crippen molar-refractivity contribution in [3.05, 3.63) is 32.5 Å². The number of nitrogens with zero attached hydrogens (tertiary/aromatic N) is 1. The monoisotopic (exact) mass is 346 g/mol. The van der Waals surface area contributed by atoms with Gasteiger partial charge in [0.2, 0.25) is 0 Å². The highest BCUT2D eigenvalue weighted by molar-refractivity contribution is 9.10. The number of benzene rings is 1. The van der Waals surface area contributed by atoms with Crippen molar-refractivity contribution in [1.82, 2.24) is 0 Å². The number of hydrogen-bond donors (Lipinski definition) is 1. The Morgan fingerprint density at radius 3 is 2.85 bits per heavy atom. The molecule has 0 aliphatic carbocycles. The first kappa shape index (κ1) is 15.2. The number of nitrogens with one attached hydrogen (secondary N) is 1. The zero-order valence-electron chi connectivity index (χ0n) is 11.3. The molecule has 0 amide bonds. The molecule has 0 bridgehead atoms.